The molecule has 0 atom stereocenters. The minimum Gasteiger partial charge on any atom is -0.481 e. The topological polar surface area (TPSA) is 74.7 Å². The van der Waals surface area contributed by atoms with E-state index in [1.807, 2.05) is 0 Å². The van der Waals surface area contributed by atoms with Gasteiger partial charge in [0.15, 0.2) is 0 Å². The van der Waals surface area contributed by atoms with E-state index in [0.717, 1.165) is 10.4 Å². The normalized spacial score (nSPS) is 16.9. The molecule has 1 aromatic rings. The number of carboxylic acids is 1. The Kier molecular flexibility index (Phi) is 4.12. The minimum absolute atomic E-state index is 0.0118. The number of benzene rings is 1. The Morgan fingerprint density at radius 3 is 2.50 bits per heavy atom. The summed E-state index contributed by atoms with van der Waals surface area (Å²) in [5.41, 5.74) is 0. The smallest absolute Gasteiger partial charge is 0.303 e. The zero-order valence-corrected chi connectivity index (χ0v) is 12.4. The lowest BCUT2D eigenvalue weighted by molar-refractivity contribution is -0.139. The molecular weight excluding hydrogens is 360 g/mol. The maximum absolute atomic E-state index is 13.7. The molecular formula is C11H10BrF2NO4S. The van der Waals surface area contributed by atoms with Crippen LogP contribution in [0.2, 0.25) is 0 Å². The Morgan fingerprint density at radius 2 is 2.00 bits per heavy atom. The molecule has 9 heteroatoms. The number of hydrogen-bond acceptors (Lipinski definition) is 3. The van der Waals surface area contributed by atoms with Gasteiger partial charge in [-0.15, -0.1) is 0 Å². The fourth-order valence-corrected chi connectivity index (χ4v) is 4.70. The molecule has 0 aliphatic carbocycles. The van der Waals surface area contributed by atoms with Gasteiger partial charge in [0.25, 0.3) is 0 Å². The van der Waals surface area contributed by atoms with E-state index >= 15 is 0 Å². The second-order valence-electron chi connectivity index (χ2n) is 4.48. The lowest BCUT2D eigenvalue weighted by Crippen LogP contribution is -2.50. The van der Waals surface area contributed by atoms with Gasteiger partial charge in [0.1, 0.15) is 16.5 Å². The summed E-state index contributed by atoms with van der Waals surface area (Å²) in [6.07, 6.45) is -0.140. The van der Waals surface area contributed by atoms with Crippen molar-refractivity contribution < 1.29 is 27.1 Å². The van der Waals surface area contributed by atoms with Gasteiger partial charge in [-0.1, -0.05) is 0 Å². The molecule has 1 aliphatic rings. The molecule has 0 bridgehead atoms. The molecule has 2 rings (SSSR count). The van der Waals surface area contributed by atoms with Crippen LogP contribution in [0.15, 0.2) is 21.5 Å². The Labute approximate surface area is 122 Å². The highest BCUT2D eigenvalue weighted by Crippen LogP contribution is 2.33. The van der Waals surface area contributed by atoms with Crippen molar-refractivity contribution in [1.29, 1.82) is 0 Å². The number of aliphatic carboxylic acids is 1. The molecule has 0 saturated carbocycles. The van der Waals surface area contributed by atoms with Crippen LogP contribution >= 0.6 is 15.9 Å². The second-order valence-corrected chi connectivity index (χ2v) is 7.21. The predicted octanol–water partition coefficient (Wildman–Crippen LogP) is 1.82. The number of carbonyl (C=O) groups is 1. The fourth-order valence-electron chi connectivity index (χ4n) is 2.00. The number of carboxylic acid groups (broad SMARTS) is 1. The molecule has 5 nitrogen and oxygen atoms in total. The van der Waals surface area contributed by atoms with E-state index in [1.165, 1.54) is 0 Å². The van der Waals surface area contributed by atoms with Crippen molar-refractivity contribution in [2.24, 2.45) is 5.92 Å². The summed E-state index contributed by atoms with van der Waals surface area (Å²) in [5, 5.41) is 8.60. The Hall–Kier alpha value is -1.06. The van der Waals surface area contributed by atoms with Crippen LogP contribution in [0.3, 0.4) is 0 Å². The van der Waals surface area contributed by atoms with Crippen LogP contribution in [0, 0.1) is 17.6 Å². The fraction of sp³-hybridized carbons (Fsp3) is 0.364. The van der Waals surface area contributed by atoms with E-state index < -0.39 is 32.5 Å². The highest BCUT2D eigenvalue weighted by Gasteiger charge is 2.39. The lowest BCUT2D eigenvalue weighted by atomic mass is 10.00. The molecule has 0 unspecified atom stereocenters. The first-order valence-corrected chi connectivity index (χ1v) is 7.81. The molecule has 0 amide bonds. The van der Waals surface area contributed by atoms with Gasteiger partial charge in [0.2, 0.25) is 10.0 Å². The van der Waals surface area contributed by atoms with Crippen molar-refractivity contribution in [3.8, 4) is 0 Å². The number of rotatable bonds is 4. The van der Waals surface area contributed by atoms with E-state index in [4.69, 9.17) is 5.11 Å². The third-order valence-corrected chi connectivity index (χ3v) is 5.74. The van der Waals surface area contributed by atoms with E-state index in [1.54, 1.807) is 0 Å². The zero-order chi connectivity index (χ0) is 15.1. The molecule has 1 saturated heterocycles. The molecule has 0 spiro atoms. The maximum atomic E-state index is 13.7. The highest BCUT2D eigenvalue weighted by molar-refractivity contribution is 9.10. The van der Waals surface area contributed by atoms with Crippen molar-refractivity contribution in [1.82, 2.24) is 4.31 Å². The van der Waals surface area contributed by atoms with Crippen LogP contribution in [0.1, 0.15) is 6.42 Å². The van der Waals surface area contributed by atoms with Crippen molar-refractivity contribution in [2.45, 2.75) is 11.3 Å². The summed E-state index contributed by atoms with van der Waals surface area (Å²) in [5.74, 6) is -3.37. The minimum atomic E-state index is -4.10. The maximum Gasteiger partial charge on any atom is 0.303 e. The molecule has 1 heterocycles. The Balaban J connectivity index is 2.23. The molecule has 0 aromatic heterocycles. The monoisotopic (exact) mass is 369 g/mol. The van der Waals surface area contributed by atoms with Crippen LogP contribution in [-0.2, 0) is 14.8 Å². The molecule has 1 aromatic carbocycles. The summed E-state index contributed by atoms with van der Waals surface area (Å²) < 4.78 is 51.8. The van der Waals surface area contributed by atoms with Crippen LogP contribution in [0.5, 0.6) is 0 Å². The van der Waals surface area contributed by atoms with Crippen LogP contribution in [0.4, 0.5) is 8.78 Å². The van der Waals surface area contributed by atoms with E-state index in [9.17, 15) is 22.0 Å². The van der Waals surface area contributed by atoms with Gasteiger partial charge in [0.05, 0.1) is 6.42 Å². The van der Waals surface area contributed by atoms with Crippen LogP contribution in [0.25, 0.3) is 0 Å². The van der Waals surface area contributed by atoms with Crippen molar-refractivity contribution in [3.05, 3.63) is 28.2 Å². The number of nitrogens with zero attached hydrogens (tertiary/aromatic N) is 1. The first-order valence-electron chi connectivity index (χ1n) is 5.58. The molecule has 1 fully saturated rings. The van der Waals surface area contributed by atoms with Gasteiger partial charge >= 0.3 is 5.97 Å². The van der Waals surface area contributed by atoms with Gasteiger partial charge in [-0.3, -0.25) is 4.79 Å². The van der Waals surface area contributed by atoms with Crippen LogP contribution in [-0.4, -0.2) is 36.9 Å². The number of halogens is 3. The van der Waals surface area contributed by atoms with Gasteiger partial charge in [-0.05, 0) is 27.9 Å². The lowest BCUT2D eigenvalue weighted by Gasteiger charge is -2.37. The quantitative estimate of drug-likeness (QED) is 0.878. The molecule has 1 N–H and O–H groups in total. The average Bonchev–Trinajstić information content (AvgIpc) is 2.19. The molecule has 0 radical (unpaired) electrons. The summed E-state index contributed by atoms with van der Waals surface area (Å²) in [6, 6.07) is 1.36. The Morgan fingerprint density at radius 1 is 1.40 bits per heavy atom. The second kappa shape index (κ2) is 5.38. The van der Waals surface area contributed by atoms with Crippen molar-refractivity contribution in [3.63, 3.8) is 0 Å². The van der Waals surface area contributed by atoms with Crippen LogP contribution < -0.4 is 0 Å². The average molecular weight is 370 g/mol. The van der Waals surface area contributed by atoms with Gasteiger partial charge in [-0.25, -0.2) is 17.2 Å². The van der Waals surface area contributed by atoms with Crippen molar-refractivity contribution >= 4 is 31.9 Å². The molecule has 1 aliphatic heterocycles. The third-order valence-electron chi connectivity index (χ3n) is 2.95. The van der Waals surface area contributed by atoms with Gasteiger partial charge < -0.3 is 5.11 Å². The first kappa shape index (κ1) is 15.3. The van der Waals surface area contributed by atoms with Gasteiger partial charge in [0, 0.05) is 23.6 Å². The van der Waals surface area contributed by atoms with E-state index in [2.05, 4.69) is 15.9 Å². The van der Waals surface area contributed by atoms with Crippen molar-refractivity contribution in [2.75, 3.05) is 13.1 Å². The molecule has 110 valence electrons. The largest absolute Gasteiger partial charge is 0.481 e. The summed E-state index contributed by atoms with van der Waals surface area (Å²) >= 11 is 2.83. The highest BCUT2D eigenvalue weighted by atomic mass is 79.9. The SMILES string of the molecule is O=C(O)CC1CN(S(=O)(=O)c2c(F)cc(F)cc2Br)C1. The van der Waals surface area contributed by atoms with E-state index in [-0.39, 0.29) is 29.9 Å². The van der Waals surface area contributed by atoms with Gasteiger partial charge in [-0.2, -0.15) is 4.31 Å². The standard InChI is InChI=1S/C11H10BrF2NO4S/c12-8-2-7(13)3-9(14)11(8)20(18,19)15-4-6(5-15)1-10(16)17/h2-3,6H,1,4-5H2,(H,16,17). The summed E-state index contributed by atoms with van der Waals surface area (Å²) in [4.78, 5) is 9.87. The first-order chi connectivity index (χ1) is 9.21. The Bertz CT molecular complexity index is 635. The zero-order valence-electron chi connectivity index (χ0n) is 10.0. The summed E-state index contributed by atoms with van der Waals surface area (Å²) in [7, 11) is -4.10. The predicted molar refractivity (Wildman–Crippen MR) is 68.6 cm³/mol. The number of sulfonamides is 1. The molecule has 20 heavy (non-hydrogen) atoms. The summed E-state index contributed by atoms with van der Waals surface area (Å²) in [6.45, 7) is 0.0236. The number of hydrogen-bond donors (Lipinski definition) is 1. The third kappa shape index (κ3) is 2.84. The van der Waals surface area contributed by atoms with E-state index in [0.29, 0.717) is 6.07 Å².